The summed E-state index contributed by atoms with van der Waals surface area (Å²) in [5, 5.41) is 7.08. The molecule has 28 heavy (non-hydrogen) atoms. The first kappa shape index (κ1) is 19.3. The zero-order valence-corrected chi connectivity index (χ0v) is 16.0. The van der Waals surface area contributed by atoms with Gasteiger partial charge < -0.3 is 15.0 Å². The Morgan fingerprint density at radius 1 is 1.32 bits per heavy atom. The lowest BCUT2D eigenvalue weighted by molar-refractivity contribution is -0.139. The van der Waals surface area contributed by atoms with Crippen LogP contribution < -0.4 is 10.2 Å². The summed E-state index contributed by atoms with van der Waals surface area (Å²) in [5.74, 6) is -0.158. The summed E-state index contributed by atoms with van der Waals surface area (Å²) in [5.41, 5.74) is 1.93. The zero-order valence-electron chi connectivity index (χ0n) is 16.0. The number of esters is 1. The molecule has 0 saturated heterocycles. The topological polar surface area (TPSA) is 89.4 Å². The van der Waals surface area contributed by atoms with E-state index >= 15 is 0 Å². The molecule has 0 saturated carbocycles. The van der Waals surface area contributed by atoms with E-state index in [-0.39, 0.29) is 19.1 Å². The first-order valence-corrected chi connectivity index (χ1v) is 9.06. The number of hydrogen-bond acceptors (Lipinski definition) is 6. The van der Waals surface area contributed by atoms with Crippen molar-refractivity contribution in [1.82, 2.24) is 20.1 Å². The monoisotopic (exact) mass is 381 g/mol. The van der Waals surface area contributed by atoms with Crippen LogP contribution >= 0.6 is 0 Å². The van der Waals surface area contributed by atoms with Crippen LogP contribution in [0.2, 0.25) is 0 Å². The van der Waals surface area contributed by atoms with Gasteiger partial charge in [-0.25, -0.2) is 9.48 Å². The van der Waals surface area contributed by atoms with Gasteiger partial charge in [-0.1, -0.05) is 36.4 Å². The van der Waals surface area contributed by atoms with E-state index in [1.807, 2.05) is 30.3 Å². The van der Waals surface area contributed by atoms with E-state index in [0.29, 0.717) is 23.8 Å². The summed E-state index contributed by atoms with van der Waals surface area (Å²) in [7, 11) is 0. The molecule has 0 spiro atoms. The van der Waals surface area contributed by atoms with Gasteiger partial charge in [0.15, 0.2) is 0 Å². The van der Waals surface area contributed by atoms with Gasteiger partial charge in [-0.2, -0.15) is 10.1 Å². The summed E-state index contributed by atoms with van der Waals surface area (Å²) in [4.78, 5) is 31.2. The third kappa shape index (κ3) is 3.66. The van der Waals surface area contributed by atoms with Crippen molar-refractivity contribution in [1.29, 1.82) is 0 Å². The molecule has 1 aromatic heterocycles. The van der Waals surface area contributed by atoms with Crippen LogP contribution in [-0.2, 0) is 14.3 Å². The second kappa shape index (κ2) is 8.51. The molecule has 2 heterocycles. The minimum Gasteiger partial charge on any atom is -0.463 e. The van der Waals surface area contributed by atoms with E-state index in [4.69, 9.17) is 4.74 Å². The Balaban J connectivity index is 2.08. The Kier molecular flexibility index (Phi) is 5.88. The highest BCUT2D eigenvalue weighted by molar-refractivity contribution is 5.93. The molecule has 1 aromatic carbocycles. The van der Waals surface area contributed by atoms with Gasteiger partial charge in [0.05, 0.1) is 12.2 Å². The van der Waals surface area contributed by atoms with Gasteiger partial charge in [0.2, 0.25) is 11.9 Å². The van der Waals surface area contributed by atoms with Crippen LogP contribution in [0, 0.1) is 0 Å². The molecule has 0 radical (unpaired) electrons. The summed E-state index contributed by atoms with van der Waals surface area (Å²) in [6.07, 6.45) is 3.02. The Morgan fingerprint density at radius 3 is 2.75 bits per heavy atom. The number of fused-ring (bicyclic) bond motifs is 1. The fourth-order valence-corrected chi connectivity index (χ4v) is 3.22. The molecule has 8 heteroatoms. The molecular formula is C20H23N5O3. The second-order valence-electron chi connectivity index (χ2n) is 6.22. The van der Waals surface area contributed by atoms with Crippen LogP contribution in [0.5, 0.6) is 0 Å². The van der Waals surface area contributed by atoms with Crippen LogP contribution in [0.1, 0.15) is 25.5 Å². The Hall–Kier alpha value is -3.42. The smallest absolute Gasteiger partial charge is 0.338 e. The predicted molar refractivity (Wildman–Crippen MR) is 104 cm³/mol. The van der Waals surface area contributed by atoms with Gasteiger partial charge in [-0.15, -0.1) is 6.58 Å². The van der Waals surface area contributed by atoms with Crippen LogP contribution in [0.4, 0.5) is 5.95 Å². The largest absolute Gasteiger partial charge is 0.463 e. The molecule has 146 valence electrons. The number of aromatic nitrogens is 3. The Morgan fingerprint density at radius 2 is 2.07 bits per heavy atom. The average Bonchev–Trinajstić information content (AvgIpc) is 3.18. The van der Waals surface area contributed by atoms with Crippen molar-refractivity contribution >= 4 is 17.8 Å². The molecule has 1 atom stereocenters. The number of rotatable bonds is 7. The maximum absolute atomic E-state index is 12.8. The van der Waals surface area contributed by atoms with Crippen molar-refractivity contribution in [3.05, 3.63) is 66.1 Å². The standard InChI is InChI=1S/C20H23N5O3/c1-4-11-21-16(26)12-24-14(3)17(19(27)28-5-2)18(15-9-7-6-8-10-15)25-20(24)22-13-23-25/h4,6-10,13,18H,1,5,11-12H2,2-3H3,(H,21,26)/t18-/m0/s1. The molecule has 8 nitrogen and oxygen atoms in total. The van der Waals surface area contributed by atoms with Gasteiger partial charge in [0.1, 0.15) is 18.9 Å². The van der Waals surface area contributed by atoms with E-state index in [2.05, 4.69) is 22.0 Å². The van der Waals surface area contributed by atoms with Gasteiger partial charge >= 0.3 is 5.97 Å². The number of nitrogens with one attached hydrogen (secondary N) is 1. The zero-order chi connectivity index (χ0) is 20.1. The normalized spacial score (nSPS) is 15.8. The van der Waals surface area contributed by atoms with E-state index in [1.165, 1.54) is 6.33 Å². The van der Waals surface area contributed by atoms with E-state index in [0.717, 1.165) is 5.56 Å². The predicted octanol–water partition coefficient (Wildman–Crippen LogP) is 1.83. The maximum atomic E-state index is 12.8. The van der Waals surface area contributed by atoms with Crippen molar-refractivity contribution in [3.63, 3.8) is 0 Å². The van der Waals surface area contributed by atoms with Gasteiger partial charge in [0.25, 0.3) is 0 Å². The lowest BCUT2D eigenvalue weighted by Crippen LogP contribution is -2.42. The molecule has 1 amide bonds. The first-order valence-electron chi connectivity index (χ1n) is 9.06. The number of amides is 1. The van der Waals surface area contributed by atoms with E-state index < -0.39 is 12.0 Å². The van der Waals surface area contributed by atoms with Crippen LogP contribution in [0.3, 0.4) is 0 Å². The van der Waals surface area contributed by atoms with Crippen LogP contribution in [0.15, 0.2) is 60.6 Å². The molecule has 1 aliphatic heterocycles. The summed E-state index contributed by atoms with van der Waals surface area (Å²) in [6.45, 7) is 7.76. The molecule has 3 rings (SSSR count). The Labute approximate surface area is 163 Å². The molecule has 2 aromatic rings. The summed E-state index contributed by atoms with van der Waals surface area (Å²) < 4.78 is 6.96. The number of allylic oxidation sites excluding steroid dienone is 1. The second-order valence-corrected chi connectivity index (χ2v) is 6.22. The number of ether oxygens (including phenoxy) is 1. The third-order valence-corrected chi connectivity index (χ3v) is 4.46. The Bertz CT molecular complexity index is 904. The van der Waals surface area contributed by atoms with Crippen molar-refractivity contribution in [3.8, 4) is 0 Å². The number of benzene rings is 1. The number of carbonyl (C=O) groups is 2. The minimum absolute atomic E-state index is 0.00276. The molecule has 1 N–H and O–H groups in total. The molecule has 0 unspecified atom stereocenters. The van der Waals surface area contributed by atoms with Crippen molar-refractivity contribution in [2.75, 3.05) is 24.6 Å². The van der Waals surface area contributed by atoms with Gasteiger partial charge in [0, 0.05) is 12.2 Å². The van der Waals surface area contributed by atoms with E-state index in [9.17, 15) is 9.59 Å². The van der Waals surface area contributed by atoms with Crippen molar-refractivity contribution in [2.45, 2.75) is 19.9 Å². The molecule has 0 fully saturated rings. The average molecular weight is 381 g/mol. The molecule has 0 aliphatic carbocycles. The summed E-state index contributed by atoms with van der Waals surface area (Å²) >= 11 is 0. The van der Waals surface area contributed by atoms with Crippen LogP contribution in [-0.4, -0.2) is 46.3 Å². The van der Waals surface area contributed by atoms with E-state index in [1.54, 1.807) is 29.5 Å². The first-order chi connectivity index (χ1) is 13.6. The summed E-state index contributed by atoms with van der Waals surface area (Å²) in [6, 6.07) is 9.08. The lowest BCUT2D eigenvalue weighted by atomic mass is 9.95. The fraction of sp³-hybridized carbons (Fsp3) is 0.300. The quantitative estimate of drug-likeness (QED) is 0.581. The number of anilines is 1. The minimum atomic E-state index is -0.481. The molecule has 0 bridgehead atoms. The van der Waals surface area contributed by atoms with Crippen LogP contribution in [0.25, 0.3) is 0 Å². The third-order valence-electron chi connectivity index (χ3n) is 4.46. The number of carbonyl (C=O) groups excluding carboxylic acids is 2. The highest BCUT2D eigenvalue weighted by Gasteiger charge is 2.38. The fourth-order valence-electron chi connectivity index (χ4n) is 3.22. The SMILES string of the molecule is C=CCNC(=O)CN1C(C)=C(C(=O)OCC)[C@H](c2ccccc2)n2ncnc21. The van der Waals surface area contributed by atoms with Crippen molar-refractivity contribution in [2.24, 2.45) is 0 Å². The van der Waals surface area contributed by atoms with Gasteiger partial charge in [-0.3, -0.25) is 4.79 Å². The van der Waals surface area contributed by atoms with Crippen molar-refractivity contribution < 1.29 is 14.3 Å². The number of nitrogens with zero attached hydrogens (tertiary/aromatic N) is 4. The molecular weight excluding hydrogens is 358 g/mol. The highest BCUT2D eigenvalue weighted by atomic mass is 16.5. The molecule has 1 aliphatic rings. The van der Waals surface area contributed by atoms with Gasteiger partial charge in [-0.05, 0) is 19.4 Å². The number of hydrogen-bond donors (Lipinski definition) is 1. The highest BCUT2D eigenvalue weighted by Crippen LogP contribution is 2.38. The lowest BCUT2D eigenvalue weighted by Gasteiger charge is -2.35. The maximum Gasteiger partial charge on any atom is 0.338 e.